The third kappa shape index (κ3) is 5.55. The number of esters is 1. The van der Waals surface area contributed by atoms with Crippen LogP contribution in [-0.4, -0.2) is 33.9 Å². The number of carbonyl (C=O) groups is 2. The molecule has 4 aromatic carbocycles. The van der Waals surface area contributed by atoms with E-state index in [0.717, 1.165) is 17.0 Å². The number of halogens is 7. The molecule has 1 heterocycles. The summed E-state index contributed by atoms with van der Waals surface area (Å²) in [6, 6.07) is 16.0. The Labute approximate surface area is 257 Å². The zero-order valence-electron chi connectivity index (χ0n) is 23.7. The normalized spacial score (nSPS) is 14.6. The van der Waals surface area contributed by atoms with E-state index < -0.39 is 75.1 Å². The molecule has 1 atom stereocenters. The number of amides is 1. The zero-order valence-corrected chi connectivity index (χ0v) is 24.5. The van der Waals surface area contributed by atoms with Gasteiger partial charge in [-0.1, -0.05) is 42.0 Å². The molecule has 0 bridgehead atoms. The minimum Gasteiger partial charge on any atom is -0.465 e. The number of nitrogens with zero attached hydrogens (tertiary/aromatic N) is 1. The standard InChI is InChI=1S/C31H21F7N2O5S/c1-15-7-10-17(11-8-15)46(43,44)40-14-21(29(41)39-28-26(34)24(32)23(31(36,37)38)25(33)27(28)35)20-13-16(9-12-22(20)40)18-5-3-4-6-19(18)30(42)45-2/h3-13,21H,14H2,1-2H3,(H,39,41). The maximum atomic E-state index is 14.7. The van der Waals surface area contributed by atoms with Gasteiger partial charge in [-0.2, -0.15) is 13.2 Å². The van der Waals surface area contributed by atoms with Crippen molar-refractivity contribution in [2.45, 2.75) is 23.9 Å². The van der Waals surface area contributed by atoms with Crippen LogP contribution in [-0.2, 0) is 25.7 Å². The quantitative estimate of drug-likeness (QED) is 0.137. The molecule has 0 aromatic heterocycles. The summed E-state index contributed by atoms with van der Waals surface area (Å²) >= 11 is 0. The van der Waals surface area contributed by atoms with Crippen LogP contribution >= 0.6 is 0 Å². The van der Waals surface area contributed by atoms with Gasteiger partial charge in [0.15, 0.2) is 23.3 Å². The van der Waals surface area contributed by atoms with Gasteiger partial charge in [0.1, 0.15) is 11.3 Å². The number of rotatable bonds is 6. The lowest BCUT2D eigenvalue weighted by Gasteiger charge is -2.20. The summed E-state index contributed by atoms with van der Waals surface area (Å²) < 4.78 is 130. The predicted octanol–water partition coefficient (Wildman–Crippen LogP) is 6.96. The zero-order chi connectivity index (χ0) is 33.7. The third-order valence-corrected chi connectivity index (χ3v) is 9.18. The van der Waals surface area contributed by atoms with Crippen LogP contribution in [0.1, 0.15) is 33.0 Å². The number of hydrogen-bond acceptors (Lipinski definition) is 5. The fourth-order valence-corrected chi connectivity index (χ4v) is 6.61. The van der Waals surface area contributed by atoms with Crippen LogP contribution in [0.3, 0.4) is 0 Å². The molecule has 1 unspecified atom stereocenters. The van der Waals surface area contributed by atoms with Gasteiger partial charge >= 0.3 is 12.1 Å². The lowest BCUT2D eigenvalue weighted by atomic mass is 9.93. The second-order valence-corrected chi connectivity index (χ2v) is 12.1. The lowest BCUT2D eigenvalue weighted by molar-refractivity contribution is -0.143. The number of alkyl halides is 3. The van der Waals surface area contributed by atoms with Crippen molar-refractivity contribution in [3.05, 3.63) is 112 Å². The fraction of sp³-hybridized carbons (Fsp3) is 0.161. The monoisotopic (exact) mass is 666 g/mol. The number of methoxy groups -OCH3 is 1. The summed E-state index contributed by atoms with van der Waals surface area (Å²) in [5, 5.41) is 1.61. The first kappa shape index (κ1) is 32.5. The van der Waals surface area contributed by atoms with Crippen molar-refractivity contribution in [2.75, 3.05) is 23.3 Å². The first-order valence-electron chi connectivity index (χ1n) is 13.2. The first-order chi connectivity index (χ1) is 21.6. The molecule has 5 rings (SSSR count). The van der Waals surface area contributed by atoms with Crippen LogP contribution < -0.4 is 9.62 Å². The molecule has 1 aliphatic heterocycles. The number of aryl methyl sites for hydroxylation is 1. The predicted molar refractivity (Wildman–Crippen MR) is 152 cm³/mol. The van der Waals surface area contributed by atoms with Crippen LogP contribution in [0.5, 0.6) is 0 Å². The van der Waals surface area contributed by atoms with Gasteiger partial charge in [-0.05, 0) is 53.9 Å². The largest absolute Gasteiger partial charge is 0.465 e. The maximum absolute atomic E-state index is 14.7. The number of carbonyl (C=O) groups excluding carboxylic acids is 2. The average Bonchev–Trinajstić information content (AvgIpc) is 3.41. The molecule has 1 N–H and O–H groups in total. The van der Waals surface area contributed by atoms with Crippen LogP contribution in [0, 0.1) is 30.2 Å². The molecule has 0 aliphatic carbocycles. The second-order valence-electron chi connectivity index (χ2n) is 10.2. The topological polar surface area (TPSA) is 92.8 Å². The van der Waals surface area contributed by atoms with Crippen LogP contribution in [0.2, 0.25) is 0 Å². The van der Waals surface area contributed by atoms with Crippen molar-refractivity contribution in [3.8, 4) is 11.1 Å². The minimum atomic E-state index is -5.80. The number of nitrogens with one attached hydrogen (secondary N) is 1. The third-order valence-electron chi connectivity index (χ3n) is 7.38. The Bertz CT molecular complexity index is 1970. The average molecular weight is 667 g/mol. The summed E-state index contributed by atoms with van der Waals surface area (Å²) in [5.74, 6) is -14.3. The number of fused-ring (bicyclic) bond motifs is 1. The van der Waals surface area contributed by atoms with Crippen molar-refractivity contribution in [2.24, 2.45) is 0 Å². The highest BCUT2D eigenvalue weighted by Gasteiger charge is 2.44. The highest BCUT2D eigenvalue weighted by Crippen LogP contribution is 2.44. The van der Waals surface area contributed by atoms with Gasteiger partial charge in [0.25, 0.3) is 10.0 Å². The number of hydrogen-bond donors (Lipinski definition) is 1. The smallest absolute Gasteiger partial charge is 0.422 e. The SMILES string of the molecule is COC(=O)c1ccccc1-c1ccc2c(c1)C(C(=O)Nc1c(F)c(F)c(C(F)(F)F)c(F)c1F)CN2S(=O)(=O)c1ccc(C)cc1. The lowest BCUT2D eigenvalue weighted by Crippen LogP contribution is -2.33. The molecule has 240 valence electrons. The van der Waals surface area contributed by atoms with E-state index in [1.165, 1.54) is 54.6 Å². The molecule has 0 saturated carbocycles. The highest BCUT2D eigenvalue weighted by atomic mass is 32.2. The Hall–Kier alpha value is -4.92. The number of sulfonamides is 1. The Balaban J connectivity index is 1.64. The van der Waals surface area contributed by atoms with E-state index in [1.807, 2.05) is 0 Å². The summed E-state index contributed by atoms with van der Waals surface area (Å²) in [7, 11) is -3.22. The molecule has 15 heteroatoms. The van der Waals surface area contributed by atoms with Crippen LogP contribution in [0.15, 0.2) is 71.6 Å². The Morgan fingerprint density at radius 1 is 0.891 bits per heavy atom. The Morgan fingerprint density at radius 3 is 2.09 bits per heavy atom. The first-order valence-corrected chi connectivity index (χ1v) is 14.7. The van der Waals surface area contributed by atoms with Crippen molar-refractivity contribution >= 4 is 33.3 Å². The molecule has 1 amide bonds. The molecule has 7 nitrogen and oxygen atoms in total. The van der Waals surface area contributed by atoms with Gasteiger partial charge in [-0.25, -0.2) is 30.8 Å². The molecule has 0 fully saturated rings. The van der Waals surface area contributed by atoms with E-state index in [1.54, 1.807) is 24.4 Å². The van der Waals surface area contributed by atoms with Gasteiger partial charge in [-0.3, -0.25) is 9.10 Å². The van der Waals surface area contributed by atoms with Crippen molar-refractivity contribution in [1.82, 2.24) is 0 Å². The summed E-state index contributed by atoms with van der Waals surface area (Å²) in [5.41, 5.74) is -3.31. The fourth-order valence-electron chi connectivity index (χ4n) is 5.10. The summed E-state index contributed by atoms with van der Waals surface area (Å²) in [6.45, 7) is 1.05. The van der Waals surface area contributed by atoms with Gasteiger partial charge in [0.05, 0.1) is 35.7 Å². The Kier molecular flexibility index (Phi) is 8.32. The summed E-state index contributed by atoms with van der Waals surface area (Å²) in [4.78, 5) is 25.7. The molecule has 0 saturated heterocycles. The molecular formula is C31H21F7N2O5S. The number of benzene rings is 4. The van der Waals surface area contributed by atoms with Gasteiger partial charge in [0.2, 0.25) is 5.91 Å². The van der Waals surface area contributed by atoms with Crippen molar-refractivity contribution in [1.29, 1.82) is 0 Å². The molecule has 1 aliphatic rings. The van der Waals surface area contributed by atoms with Crippen molar-refractivity contribution in [3.63, 3.8) is 0 Å². The minimum absolute atomic E-state index is 0.0426. The van der Waals surface area contributed by atoms with E-state index in [9.17, 15) is 48.7 Å². The van der Waals surface area contributed by atoms with Gasteiger partial charge in [0, 0.05) is 0 Å². The molecule has 0 spiro atoms. The highest BCUT2D eigenvalue weighted by molar-refractivity contribution is 7.92. The Morgan fingerprint density at radius 2 is 1.50 bits per heavy atom. The second kappa shape index (κ2) is 11.8. The van der Waals surface area contributed by atoms with Gasteiger partial charge < -0.3 is 10.1 Å². The van der Waals surface area contributed by atoms with E-state index in [2.05, 4.69) is 0 Å². The van der Waals surface area contributed by atoms with Gasteiger partial charge in [-0.15, -0.1) is 0 Å². The van der Waals surface area contributed by atoms with Crippen molar-refractivity contribution < 1.29 is 53.5 Å². The van der Waals surface area contributed by atoms with E-state index in [4.69, 9.17) is 4.74 Å². The van der Waals surface area contributed by atoms with E-state index >= 15 is 0 Å². The van der Waals surface area contributed by atoms with Crippen LogP contribution in [0.4, 0.5) is 42.1 Å². The number of ether oxygens (including phenoxy) is 1. The molecule has 0 radical (unpaired) electrons. The molecule has 46 heavy (non-hydrogen) atoms. The van der Waals surface area contributed by atoms with Crippen LogP contribution in [0.25, 0.3) is 11.1 Å². The molecule has 4 aromatic rings. The molecular weight excluding hydrogens is 645 g/mol. The summed E-state index contributed by atoms with van der Waals surface area (Å²) in [6.07, 6.45) is -5.80. The van der Waals surface area contributed by atoms with E-state index in [-0.39, 0.29) is 27.3 Å². The number of anilines is 2. The maximum Gasteiger partial charge on any atom is 0.422 e. The van der Waals surface area contributed by atoms with E-state index in [0.29, 0.717) is 5.56 Å².